The fraction of sp³-hybridized carbons (Fsp3) is 0.462. The zero-order chi connectivity index (χ0) is 15.6. The highest BCUT2D eigenvalue weighted by Crippen LogP contribution is 2.29. The molecule has 2 atom stereocenters. The molecule has 0 aromatic carbocycles. The maximum atomic E-state index is 12.7. The van der Waals surface area contributed by atoms with E-state index in [-0.39, 0.29) is 29.5 Å². The van der Waals surface area contributed by atoms with Crippen molar-refractivity contribution in [1.29, 1.82) is 5.26 Å². The van der Waals surface area contributed by atoms with Crippen molar-refractivity contribution < 1.29 is 18.3 Å². The average molecular weight is 309 g/mol. The van der Waals surface area contributed by atoms with E-state index in [4.69, 9.17) is 5.26 Å². The van der Waals surface area contributed by atoms with Crippen LogP contribution in [0.2, 0.25) is 0 Å². The molecule has 1 aromatic heterocycles. The Labute approximate surface area is 122 Å². The van der Waals surface area contributed by atoms with Crippen molar-refractivity contribution >= 4 is 16.0 Å². The van der Waals surface area contributed by atoms with Gasteiger partial charge in [0.1, 0.15) is 17.0 Å². The molecule has 112 valence electrons. The summed E-state index contributed by atoms with van der Waals surface area (Å²) in [5, 5.41) is 18.3. The van der Waals surface area contributed by atoms with Crippen molar-refractivity contribution in [1.82, 2.24) is 9.29 Å². The quantitative estimate of drug-likeness (QED) is 0.885. The Morgan fingerprint density at radius 2 is 2.29 bits per heavy atom. The first-order valence-electron chi connectivity index (χ1n) is 6.47. The summed E-state index contributed by atoms with van der Waals surface area (Å²) in [5.41, 5.74) is -0.222. The third-order valence-electron chi connectivity index (χ3n) is 3.56. The zero-order valence-electron chi connectivity index (χ0n) is 11.4. The molecule has 0 saturated carbocycles. The van der Waals surface area contributed by atoms with E-state index >= 15 is 0 Å². The summed E-state index contributed by atoms with van der Waals surface area (Å²) in [6.07, 6.45) is 2.17. The van der Waals surface area contributed by atoms with E-state index < -0.39 is 22.0 Å². The number of sulfonamides is 1. The Morgan fingerprint density at radius 3 is 2.90 bits per heavy atom. The van der Waals surface area contributed by atoms with Crippen LogP contribution in [-0.4, -0.2) is 41.4 Å². The summed E-state index contributed by atoms with van der Waals surface area (Å²) < 4.78 is 26.3. The molecule has 2 unspecified atom stereocenters. The number of aromatic nitrogens is 1. The molecule has 0 spiro atoms. The van der Waals surface area contributed by atoms with E-state index in [0.29, 0.717) is 6.42 Å². The largest absolute Gasteiger partial charge is 0.480 e. The number of pyridine rings is 1. The van der Waals surface area contributed by atoms with Crippen molar-refractivity contribution in [3.8, 4) is 6.07 Å². The van der Waals surface area contributed by atoms with Crippen LogP contribution in [-0.2, 0) is 14.8 Å². The minimum atomic E-state index is -4.05. The number of carbonyl (C=O) groups is 1. The van der Waals surface area contributed by atoms with Crippen molar-refractivity contribution in [2.45, 2.75) is 30.7 Å². The highest BCUT2D eigenvalue weighted by Gasteiger charge is 2.40. The van der Waals surface area contributed by atoms with Gasteiger partial charge in [-0.3, -0.25) is 4.79 Å². The minimum absolute atomic E-state index is 0.125. The molecule has 21 heavy (non-hydrogen) atoms. The summed E-state index contributed by atoms with van der Waals surface area (Å²) in [6, 6.07) is 3.31. The maximum Gasteiger partial charge on any atom is 0.322 e. The predicted octanol–water partition coefficient (Wildman–Crippen LogP) is 0.827. The van der Waals surface area contributed by atoms with Crippen LogP contribution >= 0.6 is 0 Å². The molecule has 2 rings (SSSR count). The highest BCUT2D eigenvalue weighted by atomic mass is 32.2. The first kappa shape index (κ1) is 15.4. The fourth-order valence-corrected chi connectivity index (χ4v) is 4.14. The van der Waals surface area contributed by atoms with Gasteiger partial charge in [0.15, 0.2) is 5.69 Å². The van der Waals surface area contributed by atoms with Gasteiger partial charge in [0.05, 0.1) is 0 Å². The number of carboxylic acids is 1. The number of rotatable bonds is 3. The molecule has 8 heteroatoms. The Kier molecular flexibility index (Phi) is 4.25. The van der Waals surface area contributed by atoms with E-state index in [1.165, 1.54) is 18.3 Å². The molecular formula is C13H15N3O4S. The monoisotopic (exact) mass is 309 g/mol. The lowest BCUT2D eigenvalue weighted by Gasteiger charge is -2.34. The van der Waals surface area contributed by atoms with Crippen LogP contribution in [0, 0.1) is 17.2 Å². The standard InChI is InChI=1S/C13H15N3O4S/c1-9-4-6-16(11(7-9)13(17)18)21(19,20)12-3-2-5-15-10(12)8-14/h2-3,5,9,11H,4,6-7H2,1H3,(H,17,18). The molecule has 1 fully saturated rings. The number of nitriles is 1. The smallest absolute Gasteiger partial charge is 0.322 e. The van der Waals surface area contributed by atoms with Crippen molar-refractivity contribution in [2.75, 3.05) is 6.54 Å². The topological polar surface area (TPSA) is 111 Å². The molecule has 0 radical (unpaired) electrons. The lowest BCUT2D eigenvalue weighted by molar-refractivity contribution is -0.143. The molecule has 0 aliphatic carbocycles. The van der Waals surface area contributed by atoms with Crippen molar-refractivity contribution in [3.05, 3.63) is 24.0 Å². The molecule has 1 aliphatic heterocycles. The predicted molar refractivity (Wildman–Crippen MR) is 72.7 cm³/mol. The average Bonchev–Trinajstić information content (AvgIpc) is 2.46. The van der Waals surface area contributed by atoms with Crippen LogP contribution in [0.1, 0.15) is 25.5 Å². The molecule has 1 saturated heterocycles. The van der Waals surface area contributed by atoms with Crippen LogP contribution in [0.5, 0.6) is 0 Å². The molecule has 1 aromatic rings. The van der Waals surface area contributed by atoms with Gasteiger partial charge in [-0.2, -0.15) is 9.57 Å². The fourth-order valence-electron chi connectivity index (χ4n) is 2.44. The number of nitrogens with zero attached hydrogens (tertiary/aromatic N) is 3. The molecule has 1 aliphatic rings. The molecule has 0 bridgehead atoms. The van der Waals surface area contributed by atoms with Crippen LogP contribution < -0.4 is 0 Å². The Hall–Kier alpha value is -1.98. The summed E-state index contributed by atoms with van der Waals surface area (Å²) >= 11 is 0. The molecule has 1 N–H and O–H groups in total. The molecule has 0 amide bonds. The van der Waals surface area contributed by atoms with E-state index in [0.717, 1.165) is 4.31 Å². The summed E-state index contributed by atoms with van der Waals surface area (Å²) in [6.45, 7) is 2.02. The van der Waals surface area contributed by atoms with Gasteiger partial charge >= 0.3 is 5.97 Å². The minimum Gasteiger partial charge on any atom is -0.480 e. The summed E-state index contributed by atoms with van der Waals surface area (Å²) in [5.74, 6) is -1.03. The van der Waals surface area contributed by atoms with E-state index in [9.17, 15) is 18.3 Å². The molecule has 2 heterocycles. The number of piperidine rings is 1. The van der Waals surface area contributed by atoms with Gasteiger partial charge in [-0.05, 0) is 30.9 Å². The second-order valence-electron chi connectivity index (χ2n) is 5.06. The molecular weight excluding hydrogens is 294 g/mol. The Bertz CT molecular complexity index is 696. The first-order chi connectivity index (χ1) is 9.87. The second-order valence-corrected chi connectivity index (χ2v) is 6.92. The van der Waals surface area contributed by atoms with E-state index in [2.05, 4.69) is 4.98 Å². The van der Waals surface area contributed by atoms with Crippen LogP contribution in [0.4, 0.5) is 0 Å². The lowest BCUT2D eigenvalue weighted by Crippen LogP contribution is -2.49. The van der Waals surface area contributed by atoms with Gasteiger partial charge in [-0.1, -0.05) is 6.92 Å². The van der Waals surface area contributed by atoms with Crippen molar-refractivity contribution in [3.63, 3.8) is 0 Å². The van der Waals surface area contributed by atoms with Gasteiger partial charge in [0.2, 0.25) is 10.0 Å². The number of hydrogen-bond acceptors (Lipinski definition) is 5. The van der Waals surface area contributed by atoms with Gasteiger partial charge in [0.25, 0.3) is 0 Å². The van der Waals surface area contributed by atoms with Crippen LogP contribution in [0.25, 0.3) is 0 Å². The van der Waals surface area contributed by atoms with Gasteiger partial charge in [-0.25, -0.2) is 13.4 Å². The normalized spacial score (nSPS) is 23.4. The van der Waals surface area contributed by atoms with E-state index in [1.807, 2.05) is 6.92 Å². The number of aliphatic carboxylic acids is 1. The lowest BCUT2D eigenvalue weighted by atomic mass is 9.94. The number of hydrogen-bond donors (Lipinski definition) is 1. The molecule has 7 nitrogen and oxygen atoms in total. The summed E-state index contributed by atoms with van der Waals surface area (Å²) in [4.78, 5) is 14.8. The van der Waals surface area contributed by atoms with Gasteiger partial charge < -0.3 is 5.11 Å². The van der Waals surface area contributed by atoms with Gasteiger partial charge in [0, 0.05) is 12.7 Å². The third-order valence-corrected chi connectivity index (χ3v) is 5.50. The van der Waals surface area contributed by atoms with Gasteiger partial charge in [-0.15, -0.1) is 0 Å². The maximum absolute atomic E-state index is 12.7. The van der Waals surface area contributed by atoms with E-state index in [1.54, 1.807) is 6.07 Å². The third kappa shape index (κ3) is 2.89. The zero-order valence-corrected chi connectivity index (χ0v) is 12.2. The highest BCUT2D eigenvalue weighted by molar-refractivity contribution is 7.89. The first-order valence-corrected chi connectivity index (χ1v) is 7.91. The van der Waals surface area contributed by atoms with Crippen LogP contribution in [0.15, 0.2) is 23.2 Å². The SMILES string of the molecule is CC1CCN(S(=O)(=O)c2cccnc2C#N)C(C(=O)O)C1. The van der Waals surface area contributed by atoms with Crippen molar-refractivity contribution in [2.24, 2.45) is 5.92 Å². The second kappa shape index (κ2) is 5.79. The number of carboxylic acid groups (broad SMARTS) is 1. The summed E-state index contributed by atoms with van der Waals surface area (Å²) in [7, 11) is -4.05. The Morgan fingerprint density at radius 1 is 1.57 bits per heavy atom. The Balaban J connectivity index is 2.47. The van der Waals surface area contributed by atoms with Crippen LogP contribution in [0.3, 0.4) is 0 Å².